The fraction of sp³-hybridized carbons (Fsp3) is 0.500. The van der Waals surface area contributed by atoms with Crippen molar-refractivity contribution in [1.29, 1.82) is 0 Å². The number of carboxylic acid groups (broad SMARTS) is 1. The molecule has 2 unspecified atom stereocenters. The van der Waals surface area contributed by atoms with Crippen LogP contribution >= 0.6 is 0 Å². The molecule has 21 heavy (non-hydrogen) atoms. The molecule has 2 aromatic rings. The molecule has 0 saturated carbocycles. The van der Waals surface area contributed by atoms with Crippen LogP contribution in [-0.4, -0.2) is 44.7 Å². The number of hydrogen-bond donors (Lipinski definition) is 1. The molecule has 1 aromatic carbocycles. The number of para-hydroxylation sites is 1. The van der Waals surface area contributed by atoms with E-state index >= 15 is 0 Å². The molecule has 0 bridgehead atoms. The molecule has 1 N–H and O–H groups in total. The van der Waals surface area contributed by atoms with Gasteiger partial charge in [-0.1, -0.05) is 6.07 Å². The van der Waals surface area contributed by atoms with Crippen LogP contribution in [0.25, 0.3) is 11.0 Å². The summed E-state index contributed by atoms with van der Waals surface area (Å²) in [6, 6.07) is 6.37. The summed E-state index contributed by atoms with van der Waals surface area (Å²) < 4.78 is 2.11. The zero-order chi connectivity index (χ0) is 14.4. The predicted molar refractivity (Wildman–Crippen MR) is 79.6 cm³/mol. The maximum Gasteiger partial charge on any atom is 0.337 e. The molecule has 0 radical (unpaired) electrons. The van der Waals surface area contributed by atoms with Gasteiger partial charge in [-0.3, -0.25) is 0 Å². The highest BCUT2D eigenvalue weighted by molar-refractivity contribution is 6.01. The summed E-state index contributed by atoms with van der Waals surface area (Å²) in [5, 5.41) is 9.42. The van der Waals surface area contributed by atoms with Crippen LogP contribution in [0.5, 0.6) is 0 Å². The Morgan fingerprint density at radius 3 is 3.00 bits per heavy atom. The molecule has 2 saturated heterocycles. The monoisotopic (exact) mass is 285 g/mol. The van der Waals surface area contributed by atoms with Crippen molar-refractivity contribution in [3.8, 4) is 0 Å². The molecule has 0 spiro atoms. The molecule has 0 aliphatic carbocycles. The SMILES string of the molecule is O=C(O)c1cccc2ncn(C3CCN4CCCC4C3)c12. The second kappa shape index (κ2) is 4.84. The van der Waals surface area contributed by atoms with Crippen LogP contribution in [0.4, 0.5) is 0 Å². The molecule has 2 aliphatic heterocycles. The van der Waals surface area contributed by atoms with Crippen molar-refractivity contribution in [2.75, 3.05) is 13.1 Å². The number of rotatable bonds is 2. The lowest BCUT2D eigenvalue weighted by atomic mass is 9.97. The maximum atomic E-state index is 11.5. The van der Waals surface area contributed by atoms with Gasteiger partial charge in [0.1, 0.15) is 0 Å². The molecular weight excluding hydrogens is 266 g/mol. The van der Waals surface area contributed by atoms with Crippen molar-refractivity contribution in [2.45, 2.75) is 37.8 Å². The van der Waals surface area contributed by atoms with Gasteiger partial charge in [0.2, 0.25) is 0 Å². The topological polar surface area (TPSA) is 58.4 Å². The Hall–Kier alpha value is -1.88. The van der Waals surface area contributed by atoms with Gasteiger partial charge in [-0.2, -0.15) is 0 Å². The fourth-order valence-electron chi connectivity index (χ4n) is 3.99. The largest absolute Gasteiger partial charge is 0.478 e. The second-order valence-corrected chi connectivity index (χ2v) is 6.14. The van der Waals surface area contributed by atoms with Gasteiger partial charge in [-0.15, -0.1) is 0 Å². The summed E-state index contributed by atoms with van der Waals surface area (Å²) in [4.78, 5) is 18.5. The highest BCUT2D eigenvalue weighted by atomic mass is 16.4. The van der Waals surface area contributed by atoms with Crippen LogP contribution in [0, 0.1) is 0 Å². The number of benzene rings is 1. The first-order valence-corrected chi connectivity index (χ1v) is 7.67. The van der Waals surface area contributed by atoms with Crippen molar-refractivity contribution in [1.82, 2.24) is 14.5 Å². The molecule has 2 fully saturated rings. The first-order valence-electron chi connectivity index (χ1n) is 7.67. The van der Waals surface area contributed by atoms with Crippen LogP contribution in [0.3, 0.4) is 0 Å². The standard InChI is InChI=1S/C16H19N3O2/c20-16(21)13-4-1-5-14-15(13)19(10-17-14)12-6-8-18-7-2-3-11(18)9-12/h1,4-5,10-12H,2-3,6-9H2,(H,20,21). The summed E-state index contributed by atoms with van der Waals surface area (Å²) in [6.45, 7) is 2.34. The van der Waals surface area contributed by atoms with Gasteiger partial charge in [-0.05, 0) is 44.4 Å². The van der Waals surface area contributed by atoms with E-state index in [2.05, 4.69) is 14.5 Å². The number of fused-ring (bicyclic) bond motifs is 2. The molecule has 2 aliphatic rings. The first kappa shape index (κ1) is 12.8. The van der Waals surface area contributed by atoms with E-state index in [0.29, 0.717) is 17.6 Å². The Bertz CT molecular complexity index is 694. The van der Waals surface area contributed by atoms with Gasteiger partial charge in [0.15, 0.2) is 0 Å². The van der Waals surface area contributed by atoms with Gasteiger partial charge in [0.25, 0.3) is 0 Å². The molecule has 1 aromatic heterocycles. The summed E-state index contributed by atoms with van der Waals surface area (Å²) in [5.41, 5.74) is 1.92. The lowest BCUT2D eigenvalue weighted by Gasteiger charge is -2.35. The van der Waals surface area contributed by atoms with Crippen molar-refractivity contribution in [3.63, 3.8) is 0 Å². The van der Waals surface area contributed by atoms with Crippen LogP contribution in [0.1, 0.15) is 42.1 Å². The Kier molecular flexibility index (Phi) is 2.96. The second-order valence-electron chi connectivity index (χ2n) is 6.14. The number of hydrogen-bond acceptors (Lipinski definition) is 3. The number of aromatic carboxylic acids is 1. The normalized spacial score (nSPS) is 26.1. The van der Waals surface area contributed by atoms with Crippen molar-refractivity contribution in [2.24, 2.45) is 0 Å². The van der Waals surface area contributed by atoms with Crippen molar-refractivity contribution in [3.05, 3.63) is 30.1 Å². The molecule has 110 valence electrons. The molecule has 3 heterocycles. The van der Waals surface area contributed by atoms with Crippen LogP contribution < -0.4 is 0 Å². The van der Waals surface area contributed by atoms with E-state index in [1.807, 2.05) is 12.4 Å². The molecule has 4 rings (SSSR count). The minimum Gasteiger partial charge on any atom is -0.478 e. The molecule has 5 nitrogen and oxygen atoms in total. The zero-order valence-corrected chi connectivity index (χ0v) is 11.9. The van der Waals surface area contributed by atoms with E-state index in [-0.39, 0.29) is 0 Å². The third-order valence-corrected chi connectivity index (χ3v) is 5.01. The molecule has 0 amide bonds. The van der Waals surface area contributed by atoms with Crippen molar-refractivity contribution < 1.29 is 9.90 Å². The van der Waals surface area contributed by atoms with Gasteiger partial charge in [-0.25, -0.2) is 9.78 Å². The van der Waals surface area contributed by atoms with E-state index in [1.54, 1.807) is 12.1 Å². The first-order chi connectivity index (χ1) is 10.2. The molecule has 2 atom stereocenters. The third-order valence-electron chi connectivity index (χ3n) is 5.01. The van der Waals surface area contributed by atoms with Gasteiger partial charge >= 0.3 is 5.97 Å². The van der Waals surface area contributed by atoms with E-state index in [9.17, 15) is 9.90 Å². The van der Waals surface area contributed by atoms with E-state index in [0.717, 1.165) is 30.4 Å². The number of carboxylic acids is 1. The van der Waals surface area contributed by atoms with Crippen molar-refractivity contribution >= 4 is 17.0 Å². The maximum absolute atomic E-state index is 11.5. The smallest absolute Gasteiger partial charge is 0.337 e. The number of piperidine rings is 1. The Labute approximate surface area is 123 Å². The average molecular weight is 285 g/mol. The Morgan fingerprint density at radius 1 is 1.24 bits per heavy atom. The fourth-order valence-corrected chi connectivity index (χ4v) is 3.99. The van der Waals surface area contributed by atoms with Gasteiger partial charge < -0.3 is 14.6 Å². The van der Waals surface area contributed by atoms with E-state index in [4.69, 9.17) is 0 Å². The summed E-state index contributed by atoms with van der Waals surface area (Å²) in [5.74, 6) is -0.874. The number of nitrogens with zero attached hydrogens (tertiary/aromatic N) is 3. The number of imidazole rings is 1. The summed E-state index contributed by atoms with van der Waals surface area (Å²) in [6.07, 6.45) is 6.58. The van der Waals surface area contributed by atoms with E-state index < -0.39 is 5.97 Å². The van der Waals surface area contributed by atoms with Crippen LogP contribution in [-0.2, 0) is 0 Å². The van der Waals surface area contributed by atoms with Crippen LogP contribution in [0.2, 0.25) is 0 Å². The summed E-state index contributed by atoms with van der Waals surface area (Å²) in [7, 11) is 0. The number of aromatic nitrogens is 2. The van der Waals surface area contributed by atoms with Crippen LogP contribution in [0.15, 0.2) is 24.5 Å². The zero-order valence-electron chi connectivity index (χ0n) is 11.9. The average Bonchev–Trinajstić information content (AvgIpc) is 3.12. The lowest BCUT2D eigenvalue weighted by molar-refractivity contribution is 0.0698. The quantitative estimate of drug-likeness (QED) is 0.921. The van der Waals surface area contributed by atoms with Gasteiger partial charge in [0.05, 0.1) is 22.9 Å². The Balaban J connectivity index is 1.75. The highest BCUT2D eigenvalue weighted by Gasteiger charge is 2.33. The minimum absolute atomic E-state index is 0.360. The molecular formula is C16H19N3O2. The van der Waals surface area contributed by atoms with E-state index in [1.165, 1.54) is 19.4 Å². The third kappa shape index (κ3) is 2.03. The Morgan fingerprint density at radius 2 is 2.14 bits per heavy atom. The number of carbonyl (C=O) groups is 1. The predicted octanol–water partition coefficient (Wildman–Crippen LogP) is 2.53. The minimum atomic E-state index is -0.874. The lowest BCUT2D eigenvalue weighted by Crippen LogP contribution is -2.38. The molecule has 5 heteroatoms. The highest BCUT2D eigenvalue weighted by Crippen LogP contribution is 2.35. The van der Waals surface area contributed by atoms with Gasteiger partial charge in [0, 0.05) is 18.6 Å². The summed E-state index contributed by atoms with van der Waals surface area (Å²) >= 11 is 0.